The molecule has 0 bridgehead atoms. The van der Waals surface area contributed by atoms with Crippen LogP contribution in [0.15, 0.2) is 18.6 Å². The van der Waals surface area contributed by atoms with Crippen molar-refractivity contribution in [3.05, 3.63) is 25.6 Å². The fourth-order valence-electron chi connectivity index (χ4n) is 0.488. The highest BCUT2D eigenvalue weighted by Gasteiger charge is 1.91. The van der Waals surface area contributed by atoms with Crippen LogP contribution in [0.2, 0.25) is 0 Å². The molecule has 0 fully saturated rings. The van der Waals surface area contributed by atoms with Crippen molar-refractivity contribution in [2.75, 3.05) is 11.9 Å². The van der Waals surface area contributed by atoms with Gasteiger partial charge in [0, 0.05) is 26.5 Å². The first-order valence-corrected chi connectivity index (χ1v) is 2.61. The largest absolute Gasteiger partial charge is 0.357 e. The normalized spacial score (nSPS) is 9.11. The number of hydrogen-bond donors (Lipinski definition) is 0. The van der Waals surface area contributed by atoms with E-state index >= 15 is 0 Å². The molecule has 0 unspecified atom stereocenters. The van der Waals surface area contributed by atoms with Crippen molar-refractivity contribution in [2.24, 2.45) is 0 Å². The third-order valence-electron chi connectivity index (χ3n) is 0.941. The minimum atomic E-state index is 0.775. The van der Waals surface area contributed by atoms with Gasteiger partial charge in [-0.25, -0.2) is 4.98 Å². The van der Waals surface area contributed by atoms with Crippen molar-refractivity contribution in [1.82, 2.24) is 9.97 Å². The van der Waals surface area contributed by atoms with Gasteiger partial charge in [0.1, 0.15) is 5.82 Å². The van der Waals surface area contributed by atoms with Crippen LogP contribution < -0.4 is 4.90 Å². The van der Waals surface area contributed by atoms with Crippen molar-refractivity contribution in [2.45, 2.75) is 0 Å². The molecule has 3 nitrogen and oxygen atoms in total. The van der Waals surface area contributed by atoms with Gasteiger partial charge in [-0.1, -0.05) is 0 Å². The third-order valence-corrected chi connectivity index (χ3v) is 0.941. The van der Waals surface area contributed by atoms with E-state index in [-0.39, 0.29) is 0 Å². The molecule has 1 radical (unpaired) electrons. The molecule has 1 aromatic heterocycles. The van der Waals surface area contributed by atoms with E-state index in [1.807, 2.05) is 7.05 Å². The lowest BCUT2D eigenvalue weighted by atomic mass is 10.6. The summed E-state index contributed by atoms with van der Waals surface area (Å²) in [5, 5.41) is 0. The summed E-state index contributed by atoms with van der Waals surface area (Å²) in [5.74, 6) is 0.775. The average molecular weight is 122 g/mol. The van der Waals surface area contributed by atoms with Crippen LogP contribution in [0.3, 0.4) is 0 Å². The van der Waals surface area contributed by atoms with Crippen LogP contribution in [0.4, 0.5) is 5.82 Å². The predicted octanol–water partition coefficient (Wildman–Crippen LogP) is 0.704. The zero-order valence-corrected chi connectivity index (χ0v) is 5.28. The Morgan fingerprint density at radius 1 is 1.56 bits per heavy atom. The number of nitrogens with zero attached hydrogens (tertiary/aromatic N) is 3. The summed E-state index contributed by atoms with van der Waals surface area (Å²) in [6.07, 6.45) is 4.93. The van der Waals surface area contributed by atoms with Crippen LogP contribution in [-0.2, 0) is 0 Å². The molecule has 1 aromatic rings. The van der Waals surface area contributed by atoms with Gasteiger partial charge in [-0.3, -0.25) is 4.98 Å². The lowest BCUT2D eigenvalue weighted by molar-refractivity contribution is 1.08. The van der Waals surface area contributed by atoms with E-state index < -0.39 is 0 Å². The molecule has 0 aliphatic heterocycles. The Labute approximate surface area is 54.4 Å². The molecular formula is C6H8N3. The first kappa shape index (κ1) is 6.01. The first-order valence-electron chi connectivity index (χ1n) is 2.61. The smallest absolute Gasteiger partial charge is 0.146 e. The second-order valence-electron chi connectivity index (χ2n) is 1.76. The topological polar surface area (TPSA) is 29.0 Å². The van der Waals surface area contributed by atoms with E-state index in [0.717, 1.165) is 5.82 Å². The summed E-state index contributed by atoms with van der Waals surface area (Å²) < 4.78 is 0. The van der Waals surface area contributed by atoms with Crippen LogP contribution in [-0.4, -0.2) is 17.0 Å². The summed E-state index contributed by atoms with van der Waals surface area (Å²) in [5.41, 5.74) is 0. The second kappa shape index (κ2) is 2.44. The van der Waals surface area contributed by atoms with Gasteiger partial charge in [0.15, 0.2) is 0 Å². The maximum Gasteiger partial charge on any atom is 0.146 e. The number of rotatable bonds is 1. The maximum absolute atomic E-state index is 3.98. The van der Waals surface area contributed by atoms with Crippen molar-refractivity contribution < 1.29 is 0 Å². The molecule has 9 heavy (non-hydrogen) atoms. The van der Waals surface area contributed by atoms with Gasteiger partial charge in [-0.05, 0) is 0 Å². The molecule has 0 saturated heterocycles. The van der Waals surface area contributed by atoms with Gasteiger partial charge in [0.2, 0.25) is 0 Å². The Hall–Kier alpha value is -1.12. The van der Waals surface area contributed by atoms with Gasteiger partial charge < -0.3 is 4.90 Å². The molecule has 0 spiro atoms. The number of anilines is 1. The second-order valence-corrected chi connectivity index (χ2v) is 1.76. The summed E-state index contributed by atoms with van der Waals surface area (Å²) in [7, 11) is 5.46. The van der Waals surface area contributed by atoms with Crippen molar-refractivity contribution >= 4 is 5.82 Å². The summed E-state index contributed by atoms with van der Waals surface area (Å²) >= 11 is 0. The Morgan fingerprint density at radius 3 is 2.67 bits per heavy atom. The van der Waals surface area contributed by atoms with E-state index in [9.17, 15) is 0 Å². The average Bonchev–Trinajstić information content (AvgIpc) is 1.90. The zero-order valence-electron chi connectivity index (χ0n) is 5.28. The van der Waals surface area contributed by atoms with Gasteiger partial charge in [0.05, 0.1) is 6.20 Å². The molecule has 0 atom stereocenters. The van der Waals surface area contributed by atoms with Crippen molar-refractivity contribution in [3.63, 3.8) is 0 Å². The van der Waals surface area contributed by atoms with Gasteiger partial charge in [-0.2, -0.15) is 0 Å². The molecule has 0 N–H and O–H groups in total. The summed E-state index contributed by atoms with van der Waals surface area (Å²) in [6.45, 7) is 0. The van der Waals surface area contributed by atoms with Crippen LogP contribution in [0.25, 0.3) is 0 Å². The molecule has 3 heteroatoms. The highest BCUT2D eigenvalue weighted by Crippen LogP contribution is 2.00. The van der Waals surface area contributed by atoms with E-state index in [1.54, 1.807) is 23.5 Å². The number of hydrogen-bond acceptors (Lipinski definition) is 3. The standard InChI is InChI=1S/C6H8N3/c1-9(2)6-5-7-3-4-8-6/h3-5H,1H2,2H3. The van der Waals surface area contributed by atoms with Gasteiger partial charge >= 0.3 is 0 Å². The third kappa shape index (κ3) is 1.38. The van der Waals surface area contributed by atoms with Crippen LogP contribution in [0, 0.1) is 7.05 Å². The Bertz CT molecular complexity index is 171. The summed E-state index contributed by atoms with van der Waals surface area (Å²) in [4.78, 5) is 9.50. The predicted molar refractivity (Wildman–Crippen MR) is 35.8 cm³/mol. The molecule has 0 aromatic carbocycles. The first-order chi connectivity index (χ1) is 4.30. The number of aromatic nitrogens is 2. The summed E-state index contributed by atoms with van der Waals surface area (Å²) in [6, 6.07) is 0. The van der Waals surface area contributed by atoms with E-state index in [4.69, 9.17) is 0 Å². The van der Waals surface area contributed by atoms with Crippen molar-refractivity contribution in [3.8, 4) is 0 Å². The zero-order chi connectivity index (χ0) is 6.69. The quantitative estimate of drug-likeness (QED) is 0.549. The Morgan fingerprint density at radius 2 is 2.33 bits per heavy atom. The molecule has 0 aliphatic rings. The minimum Gasteiger partial charge on any atom is -0.357 e. The fourth-order valence-corrected chi connectivity index (χ4v) is 0.488. The minimum absolute atomic E-state index is 0.775. The van der Waals surface area contributed by atoms with E-state index in [1.165, 1.54) is 0 Å². The lowest BCUT2D eigenvalue weighted by Crippen LogP contribution is -2.06. The molecule has 0 saturated carbocycles. The van der Waals surface area contributed by atoms with Crippen LogP contribution >= 0.6 is 0 Å². The Kier molecular flexibility index (Phi) is 1.63. The van der Waals surface area contributed by atoms with Crippen LogP contribution in [0.1, 0.15) is 0 Å². The molecule has 47 valence electrons. The fraction of sp³-hybridized carbons (Fsp3) is 0.167. The Balaban J connectivity index is 2.85. The molecule has 1 rings (SSSR count). The highest BCUT2D eigenvalue weighted by molar-refractivity contribution is 5.33. The SMILES string of the molecule is [CH2]N(C)c1cnccn1. The monoisotopic (exact) mass is 122 g/mol. The van der Waals surface area contributed by atoms with E-state index in [0.29, 0.717) is 0 Å². The maximum atomic E-state index is 3.98. The van der Waals surface area contributed by atoms with Crippen LogP contribution in [0.5, 0.6) is 0 Å². The van der Waals surface area contributed by atoms with Gasteiger partial charge in [0.25, 0.3) is 0 Å². The van der Waals surface area contributed by atoms with Gasteiger partial charge in [-0.15, -0.1) is 0 Å². The van der Waals surface area contributed by atoms with E-state index in [2.05, 4.69) is 17.0 Å². The highest BCUT2D eigenvalue weighted by atomic mass is 15.1. The molecule has 1 heterocycles. The molecular weight excluding hydrogens is 114 g/mol. The molecule has 0 amide bonds. The molecule has 0 aliphatic carbocycles. The lowest BCUT2D eigenvalue weighted by Gasteiger charge is -2.07. The van der Waals surface area contributed by atoms with Crippen molar-refractivity contribution in [1.29, 1.82) is 0 Å².